The van der Waals surface area contributed by atoms with Crippen LogP contribution in [0.15, 0.2) is 34.8 Å². The maximum Gasteiger partial charge on any atom is 0.133 e. The lowest BCUT2D eigenvalue weighted by molar-refractivity contribution is 0.412. The van der Waals surface area contributed by atoms with E-state index in [0.717, 1.165) is 23.1 Å². The van der Waals surface area contributed by atoms with Crippen molar-refractivity contribution in [1.29, 1.82) is 0 Å². The number of hydrogen-bond acceptors (Lipinski definition) is 3. The van der Waals surface area contributed by atoms with E-state index < -0.39 is 0 Å². The number of rotatable bonds is 5. The smallest absolute Gasteiger partial charge is 0.133 e. The third kappa shape index (κ3) is 3.59. The molecule has 1 unspecified atom stereocenters. The fraction of sp³-hybridized carbons (Fsp3) is 0.333. The van der Waals surface area contributed by atoms with E-state index in [4.69, 9.17) is 10.5 Å². The summed E-state index contributed by atoms with van der Waals surface area (Å²) in [6, 6.07) is 10.5. The van der Waals surface area contributed by atoms with Crippen LogP contribution < -0.4 is 10.5 Å². The first-order chi connectivity index (χ1) is 9.13. The zero-order chi connectivity index (χ0) is 13.8. The Bertz CT molecular complexity index is 553. The van der Waals surface area contributed by atoms with E-state index in [-0.39, 0.29) is 6.04 Å². The molecule has 102 valence electrons. The minimum Gasteiger partial charge on any atom is -0.496 e. The zero-order valence-electron chi connectivity index (χ0n) is 11.2. The van der Waals surface area contributed by atoms with Crippen LogP contribution in [0.5, 0.6) is 5.75 Å². The Balaban J connectivity index is 2.10. The van der Waals surface area contributed by atoms with Crippen LogP contribution in [0.1, 0.15) is 28.3 Å². The van der Waals surface area contributed by atoms with Crippen molar-refractivity contribution in [2.45, 2.75) is 25.8 Å². The second-order valence-electron chi connectivity index (χ2n) is 4.44. The molecule has 0 radical (unpaired) electrons. The van der Waals surface area contributed by atoms with Crippen molar-refractivity contribution in [3.8, 4) is 5.75 Å². The predicted molar refractivity (Wildman–Crippen MR) is 85.0 cm³/mol. The van der Waals surface area contributed by atoms with E-state index in [1.165, 1.54) is 15.3 Å². The van der Waals surface area contributed by atoms with Gasteiger partial charge in [-0.1, -0.05) is 13.0 Å². The van der Waals surface area contributed by atoms with Crippen LogP contribution >= 0.6 is 27.3 Å². The van der Waals surface area contributed by atoms with Crippen molar-refractivity contribution in [2.24, 2.45) is 5.73 Å². The normalized spacial score (nSPS) is 12.4. The topological polar surface area (TPSA) is 35.2 Å². The number of benzene rings is 1. The lowest BCUT2D eigenvalue weighted by Crippen LogP contribution is -2.11. The molecule has 2 nitrogen and oxygen atoms in total. The molecule has 0 spiro atoms. The second-order valence-corrected chi connectivity index (χ2v) is 6.49. The predicted octanol–water partition coefficient (Wildman–Crippen LogP) is 4.32. The maximum atomic E-state index is 6.28. The number of hydrogen-bond donors (Lipinski definition) is 1. The van der Waals surface area contributed by atoms with Crippen LogP contribution in [-0.2, 0) is 12.8 Å². The van der Waals surface area contributed by atoms with Gasteiger partial charge in [0.1, 0.15) is 5.75 Å². The Kier molecular flexibility index (Phi) is 5.02. The highest BCUT2D eigenvalue weighted by atomic mass is 79.9. The highest BCUT2D eigenvalue weighted by Crippen LogP contribution is 2.29. The summed E-state index contributed by atoms with van der Waals surface area (Å²) in [6.07, 6.45) is 1.91. The first-order valence-electron chi connectivity index (χ1n) is 6.30. The minimum atomic E-state index is 0.0607. The molecule has 1 aromatic carbocycles. The van der Waals surface area contributed by atoms with Crippen LogP contribution in [-0.4, -0.2) is 7.11 Å². The molecule has 0 amide bonds. The van der Waals surface area contributed by atoms with E-state index in [9.17, 15) is 0 Å². The average Bonchev–Trinajstić information content (AvgIpc) is 2.88. The number of ether oxygens (including phenoxy) is 1. The first-order valence-corrected chi connectivity index (χ1v) is 7.91. The summed E-state index contributed by atoms with van der Waals surface area (Å²) in [5.41, 5.74) is 7.49. The summed E-state index contributed by atoms with van der Waals surface area (Å²) < 4.78 is 6.20. The molecule has 0 aliphatic carbocycles. The summed E-state index contributed by atoms with van der Waals surface area (Å²) >= 11 is 5.32. The van der Waals surface area contributed by atoms with Crippen molar-refractivity contribution >= 4 is 27.3 Å². The molecule has 0 aliphatic heterocycles. The van der Waals surface area contributed by atoms with Crippen LogP contribution in [0, 0.1) is 0 Å². The van der Waals surface area contributed by atoms with Gasteiger partial charge in [0, 0.05) is 15.8 Å². The van der Waals surface area contributed by atoms with Crippen LogP contribution in [0.2, 0.25) is 0 Å². The minimum absolute atomic E-state index is 0.0607. The lowest BCUT2D eigenvalue weighted by atomic mass is 10.1. The third-order valence-electron chi connectivity index (χ3n) is 3.07. The van der Waals surface area contributed by atoms with Crippen LogP contribution in [0.25, 0.3) is 0 Å². The number of thiophene rings is 1. The summed E-state index contributed by atoms with van der Waals surface area (Å²) in [5, 5.41) is 0. The Morgan fingerprint density at radius 3 is 2.68 bits per heavy atom. The fourth-order valence-corrected chi connectivity index (χ4v) is 3.52. The van der Waals surface area contributed by atoms with Gasteiger partial charge in [0.25, 0.3) is 0 Å². The van der Waals surface area contributed by atoms with Gasteiger partial charge in [-0.25, -0.2) is 0 Å². The highest BCUT2D eigenvalue weighted by Gasteiger charge is 2.11. The molecule has 0 saturated carbocycles. The van der Waals surface area contributed by atoms with E-state index in [1.807, 2.05) is 17.4 Å². The van der Waals surface area contributed by atoms with Gasteiger partial charge in [0.05, 0.1) is 11.6 Å². The second kappa shape index (κ2) is 6.55. The Hall–Kier alpha value is -0.840. The molecular weight excluding hydrogens is 322 g/mol. The number of aryl methyl sites for hydroxylation is 1. The average molecular weight is 340 g/mol. The van der Waals surface area contributed by atoms with Crippen molar-refractivity contribution in [1.82, 2.24) is 0 Å². The molecule has 1 aromatic heterocycles. The van der Waals surface area contributed by atoms with Gasteiger partial charge >= 0.3 is 0 Å². The van der Waals surface area contributed by atoms with Gasteiger partial charge in [-0.05, 0) is 58.6 Å². The SMILES string of the molecule is CCc1ccc(C(N)Cc2ccc(OC)c(Br)c2)s1. The Morgan fingerprint density at radius 2 is 2.11 bits per heavy atom. The van der Waals surface area contributed by atoms with Gasteiger partial charge in [0.15, 0.2) is 0 Å². The van der Waals surface area contributed by atoms with Crippen LogP contribution in [0.3, 0.4) is 0 Å². The summed E-state index contributed by atoms with van der Waals surface area (Å²) in [6.45, 7) is 2.17. The summed E-state index contributed by atoms with van der Waals surface area (Å²) in [5.74, 6) is 0.849. The van der Waals surface area contributed by atoms with E-state index in [2.05, 4.69) is 47.1 Å². The molecule has 1 atom stereocenters. The molecule has 2 rings (SSSR count). The zero-order valence-corrected chi connectivity index (χ0v) is 13.6. The van der Waals surface area contributed by atoms with Crippen LogP contribution in [0.4, 0.5) is 0 Å². The van der Waals surface area contributed by atoms with Gasteiger partial charge < -0.3 is 10.5 Å². The quantitative estimate of drug-likeness (QED) is 0.880. The number of nitrogens with two attached hydrogens (primary N) is 1. The van der Waals surface area contributed by atoms with Gasteiger partial charge in [-0.15, -0.1) is 11.3 Å². The van der Waals surface area contributed by atoms with Crippen molar-refractivity contribution in [3.05, 3.63) is 50.1 Å². The van der Waals surface area contributed by atoms with Crippen molar-refractivity contribution < 1.29 is 4.74 Å². The molecule has 2 N–H and O–H groups in total. The molecule has 1 heterocycles. The summed E-state index contributed by atoms with van der Waals surface area (Å²) in [4.78, 5) is 2.64. The van der Waals surface area contributed by atoms with Gasteiger partial charge in [-0.3, -0.25) is 0 Å². The van der Waals surface area contributed by atoms with E-state index >= 15 is 0 Å². The lowest BCUT2D eigenvalue weighted by Gasteiger charge is -2.11. The monoisotopic (exact) mass is 339 g/mol. The number of halogens is 1. The molecule has 0 aliphatic rings. The molecule has 0 fully saturated rings. The standard InChI is InChI=1S/C15H18BrNOS/c1-3-11-5-7-15(19-11)13(17)9-10-4-6-14(18-2)12(16)8-10/h4-8,13H,3,9,17H2,1-2H3. The number of methoxy groups -OCH3 is 1. The Labute approximate surface area is 126 Å². The molecule has 0 bridgehead atoms. The molecular formula is C15H18BrNOS. The third-order valence-corrected chi connectivity index (χ3v) is 5.05. The molecule has 2 aromatic rings. The largest absolute Gasteiger partial charge is 0.496 e. The molecule has 4 heteroatoms. The molecule has 19 heavy (non-hydrogen) atoms. The van der Waals surface area contributed by atoms with Gasteiger partial charge in [-0.2, -0.15) is 0 Å². The fourth-order valence-electron chi connectivity index (χ4n) is 1.98. The Morgan fingerprint density at radius 1 is 1.32 bits per heavy atom. The first kappa shape index (κ1) is 14.6. The van der Waals surface area contributed by atoms with E-state index in [0.29, 0.717) is 0 Å². The van der Waals surface area contributed by atoms with E-state index in [1.54, 1.807) is 7.11 Å². The van der Waals surface area contributed by atoms with Crippen molar-refractivity contribution in [3.63, 3.8) is 0 Å². The molecule has 0 saturated heterocycles. The highest BCUT2D eigenvalue weighted by molar-refractivity contribution is 9.10. The summed E-state index contributed by atoms with van der Waals surface area (Å²) in [7, 11) is 1.67. The van der Waals surface area contributed by atoms with Crippen molar-refractivity contribution in [2.75, 3.05) is 7.11 Å². The maximum absolute atomic E-state index is 6.28. The van der Waals surface area contributed by atoms with Gasteiger partial charge in [0.2, 0.25) is 0 Å².